The maximum Gasteiger partial charge on any atom is 1.00 e. The smallest absolute Gasteiger partial charge is 0.850 e. The molecule has 0 amide bonds. The van der Waals surface area contributed by atoms with Crippen LogP contribution in [0.25, 0.3) is 0 Å². The van der Waals surface area contributed by atoms with E-state index in [2.05, 4.69) is 14.2 Å². The molecular formula is C22H43Cl2KO9. The zero-order chi connectivity index (χ0) is 27.5. The summed E-state index contributed by atoms with van der Waals surface area (Å²) < 4.78 is 18.2. The molecule has 9 nitrogen and oxygen atoms in total. The summed E-state index contributed by atoms with van der Waals surface area (Å²) in [7, 11) is 0. The number of aliphatic hydroxyl groups is 1. The van der Waals surface area contributed by atoms with Crippen molar-refractivity contribution in [2.45, 2.75) is 87.0 Å². The van der Waals surface area contributed by atoms with Crippen LogP contribution in [0.2, 0.25) is 0 Å². The number of carbonyl (C=O) groups excluding carboxylic acids is 3. The molecule has 0 rings (SSSR count). The summed E-state index contributed by atoms with van der Waals surface area (Å²) in [5, 5.41) is 17.9. The first kappa shape index (κ1) is 47.3. The third-order valence-corrected chi connectivity index (χ3v) is 2.25. The largest absolute Gasteiger partial charge is 1.00 e. The molecule has 0 spiro atoms. The predicted molar refractivity (Wildman–Crippen MR) is 129 cm³/mol. The molecule has 0 saturated carbocycles. The van der Waals surface area contributed by atoms with Crippen molar-refractivity contribution in [1.29, 1.82) is 0 Å². The van der Waals surface area contributed by atoms with Crippen LogP contribution in [-0.4, -0.2) is 67.0 Å². The molecule has 12 heteroatoms. The fourth-order valence-corrected chi connectivity index (χ4v) is 1.20. The first-order chi connectivity index (χ1) is 15.1. The van der Waals surface area contributed by atoms with Crippen LogP contribution in [-0.2, 0) is 33.3 Å². The summed E-state index contributed by atoms with van der Waals surface area (Å²) in [6.07, 6.45) is 1.25. The van der Waals surface area contributed by atoms with Gasteiger partial charge >= 0.3 is 63.3 Å². The Labute approximate surface area is 258 Å². The molecule has 0 aliphatic heterocycles. The van der Waals surface area contributed by atoms with E-state index in [4.69, 9.17) is 33.0 Å². The molecule has 0 bridgehead atoms. The Kier molecular flexibility index (Phi) is 49.0. The SMILES string of the molecule is CC(C)(C)[O-].CC(C)OC(C)C.CCOC(=O)/C(Cl)=C\O.CCOC(=O)CCl.CCOC=O.[K+]. The summed E-state index contributed by atoms with van der Waals surface area (Å²) in [6, 6.07) is 0. The fraction of sp³-hybridized carbons (Fsp3) is 0.773. The minimum absolute atomic E-state index is 0. The van der Waals surface area contributed by atoms with E-state index in [1.54, 1.807) is 41.5 Å². The van der Waals surface area contributed by atoms with E-state index in [9.17, 15) is 19.5 Å². The van der Waals surface area contributed by atoms with Crippen LogP contribution in [0.1, 0.15) is 69.2 Å². The van der Waals surface area contributed by atoms with Crippen molar-refractivity contribution in [3.05, 3.63) is 11.3 Å². The molecule has 0 aromatic rings. The maximum absolute atomic E-state index is 10.4. The minimum atomic E-state index is -0.750. The van der Waals surface area contributed by atoms with Crippen molar-refractivity contribution in [1.82, 2.24) is 0 Å². The quantitative estimate of drug-likeness (QED) is 0.0881. The second-order valence-corrected chi connectivity index (χ2v) is 7.71. The summed E-state index contributed by atoms with van der Waals surface area (Å²) >= 11 is 10.2. The molecule has 0 atom stereocenters. The zero-order valence-electron chi connectivity index (χ0n) is 22.6. The maximum atomic E-state index is 10.4. The van der Waals surface area contributed by atoms with E-state index >= 15 is 0 Å². The van der Waals surface area contributed by atoms with Crippen LogP contribution in [0, 0.1) is 0 Å². The zero-order valence-corrected chi connectivity index (χ0v) is 27.2. The van der Waals surface area contributed by atoms with Gasteiger partial charge in [-0.25, -0.2) is 4.79 Å². The van der Waals surface area contributed by atoms with E-state index in [1.807, 2.05) is 27.7 Å². The minimum Gasteiger partial charge on any atom is -0.850 e. The Balaban J connectivity index is -0.0000000728. The molecule has 34 heavy (non-hydrogen) atoms. The van der Waals surface area contributed by atoms with E-state index in [-0.39, 0.29) is 74.9 Å². The van der Waals surface area contributed by atoms with Crippen molar-refractivity contribution in [3.63, 3.8) is 0 Å². The Morgan fingerprint density at radius 1 is 0.971 bits per heavy atom. The standard InChI is InChI=1S/C6H14O.C5H7ClO3.C4H7ClO2.C4H9O.C3H6O2.K/c1-5(2)7-6(3)4;1-2-9-5(8)4(6)3-7;1-2-7-4(6)3-5;1-4(2,3)5;1-2-5-3-4;/h5-6H,1-4H3;3,7H,2H2,1H3;2-3H2,1H3;1-3H3;3H,2H2,1H3;/q;;;-1;;+1/b;4-3+;;;;. The molecule has 200 valence electrons. The predicted octanol–water partition coefficient (Wildman–Crippen LogP) is 1.12. The van der Waals surface area contributed by atoms with Crippen LogP contribution in [0.3, 0.4) is 0 Å². The molecule has 0 saturated heterocycles. The molecule has 0 fully saturated rings. The second-order valence-electron chi connectivity index (χ2n) is 7.03. The number of halogens is 2. The van der Waals surface area contributed by atoms with E-state index in [1.165, 1.54) is 0 Å². The average molecular weight is 562 g/mol. The summed E-state index contributed by atoms with van der Waals surface area (Å²) in [6.45, 7) is 19.8. The molecule has 0 radical (unpaired) electrons. The van der Waals surface area contributed by atoms with Gasteiger partial charge in [-0.2, -0.15) is 0 Å². The van der Waals surface area contributed by atoms with Gasteiger partial charge in [0.25, 0.3) is 6.47 Å². The van der Waals surface area contributed by atoms with Gasteiger partial charge in [-0.3, -0.25) is 9.59 Å². The van der Waals surface area contributed by atoms with Gasteiger partial charge in [0.2, 0.25) is 0 Å². The molecule has 0 aliphatic carbocycles. The van der Waals surface area contributed by atoms with Crippen molar-refractivity contribution < 1.29 is 94.9 Å². The van der Waals surface area contributed by atoms with Crippen LogP contribution in [0.4, 0.5) is 0 Å². The summed E-state index contributed by atoms with van der Waals surface area (Å²) in [5.41, 5.74) is -0.750. The normalized spacial score (nSPS) is 9.68. The number of hydrogen-bond donors (Lipinski definition) is 1. The van der Waals surface area contributed by atoms with Crippen LogP contribution < -0.4 is 56.5 Å². The van der Waals surface area contributed by atoms with Gasteiger partial charge in [0.05, 0.1) is 32.0 Å². The van der Waals surface area contributed by atoms with Crippen molar-refractivity contribution >= 4 is 41.6 Å². The van der Waals surface area contributed by atoms with Gasteiger partial charge in [-0.1, -0.05) is 32.4 Å². The molecule has 0 unspecified atom stereocenters. The molecule has 0 aliphatic rings. The summed E-state index contributed by atoms with van der Waals surface area (Å²) in [4.78, 5) is 29.6. The molecule has 1 N–H and O–H groups in total. The average Bonchev–Trinajstić information content (AvgIpc) is 2.67. The number of carbonyl (C=O) groups is 3. The van der Waals surface area contributed by atoms with Gasteiger partial charge in [-0.15, -0.1) is 17.2 Å². The van der Waals surface area contributed by atoms with Crippen LogP contribution in [0.5, 0.6) is 0 Å². The second kappa shape index (κ2) is 35.2. The third kappa shape index (κ3) is 76.9. The van der Waals surface area contributed by atoms with Gasteiger partial charge in [-0.05, 0) is 48.5 Å². The Morgan fingerprint density at radius 3 is 1.47 bits per heavy atom. The monoisotopic (exact) mass is 560 g/mol. The number of alkyl halides is 1. The van der Waals surface area contributed by atoms with Gasteiger partial charge < -0.3 is 29.2 Å². The molecule has 0 aromatic heterocycles. The van der Waals surface area contributed by atoms with E-state index in [0.717, 1.165) is 0 Å². The first-order valence-electron chi connectivity index (χ1n) is 10.4. The van der Waals surface area contributed by atoms with Crippen molar-refractivity contribution in [3.8, 4) is 0 Å². The van der Waals surface area contributed by atoms with E-state index in [0.29, 0.717) is 38.2 Å². The van der Waals surface area contributed by atoms with E-state index < -0.39 is 11.6 Å². The number of rotatable bonds is 8. The molecule has 0 heterocycles. The molecular weight excluding hydrogens is 518 g/mol. The van der Waals surface area contributed by atoms with Crippen LogP contribution >= 0.6 is 23.2 Å². The summed E-state index contributed by atoms with van der Waals surface area (Å²) in [5.74, 6) is -1.11. The van der Waals surface area contributed by atoms with Gasteiger partial charge in [0, 0.05) is 0 Å². The first-order valence-corrected chi connectivity index (χ1v) is 11.3. The third-order valence-electron chi connectivity index (χ3n) is 1.78. The number of aliphatic hydroxyl groups excluding tert-OH is 1. The van der Waals surface area contributed by atoms with Gasteiger partial charge in [0.1, 0.15) is 12.1 Å². The number of ether oxygens (including phenoxy) is 4. The number of esters is 2. The van der Waals surface area contributed by atoms with Crippen LogP contribution in [0.15, 0.2) is 11.3 Å². The number of hydrogen-bond acceptors (Lipinski definition) is 9. The topological polar surface area (TPSA) is 131 Å². The Morgan fingerprint density at radius 2 is 1.35 bits per heavy atom. The Hall–Kier alpha value is 0.0864. The Bertz CT molecular complexity index is 469. The molecule has 0 aromatic carbocycles. The van der Waals surface area contributed by atoms with Gasteiger partial charge in [0.15, 0.2) is 5.03 Å². The fourth-order valence-electron chi connectivity index (χ4n) is 1.06. The van der Waals surface area contributed by atoms with Crippen molar-refractivity contribution in [2.24, 2.45) is 0 Å². The van der Waals surface area contributed by atoms with Crippen molar-refractivity contribution in [2.75, 3.05) is 25.7 Å².